The van der Waals surface area contributed by atoms with Gasteiger partial charge in [0.1, 0.15) is 17.4 Å². The van der Waals surface area contributed by atoms with Crippen molar-refractivity contribution < 1.29 is 14.3 Å². The number of likely N-dealkylation sites (tertiary alicyclic amines) is 1. The lowest BCUT2D eigenvalue weighted by molar-refractivity contribution is -0.115. The van der Waals surface area contributed by atoms with Gasteiger partial charge in [-0.05, 0) is 65.2 Å². The number of amidine groups is 1. The largest absolute Gasteiger partial charge is 0.497 e. The van der Waals surface area contributed by atoms with E-state index >= 15 is 0 Å². The third-order valence-electron chi connectivity index (χ3n) is 5.22. The zero-order valence-corrected chi connectivity index (χ0v) is 21.8. The van der Waals surface area contributed by atoms with Crippen molar-refractivity contribution in [2.75, 3.05) is 32.1 Å². The summed E-state index contributed by atoms with van der Waals surface area (Å²) in [5.74, 6) is 1.08. The van der Waals surface area contributed by atoms with Gasteiger partial charge in [-0.2, -0.15) is 0 Å². The zero-order chi connectivity index (χ0) is 26.3. The molecule has 0 spiro atoms. The van der Waals surface area contributed by atoms with Crippen LogP contribution in [0.25, 0.3) is 0 Å². The highest BCUT2D eigenvalue weighted by Crippen LogP contribution is 2.14. The van der Waals surface area contributed by atoms with E-state index < -0.39 is 0 Å². The highest BCUT2D eigenvalue weighted by atomic mass is 79.9. The van der Waals surface area contributed by atoms with Gasteiger partial charge in [0.15, 0.2) is 0 Å². The van der Waals surface area contributed by atoms with E-state index in [1.165, 1.54) is 7.11 Å². The highest BCUT2D eigenvalue weighted by Gasteiger charge is 2.16. The zero-order valence-electron chi connectivity index (χ0n) is 20.2. The molecule has 9 heteroatoms. The lowest BCUT2D eigenvalue weighted by Gasteiger charge is -2.18. The van der Waals surface area contributed by atoms with E-state index in [1.54, 1.807) is 48.7 Å². The molecule has 1 fully saturated rings. The van der Waals surface area contributed by atoms with Gasteiger partial charge in [0.2, 0.25) is 5.91 Å². The molecule has 2 aromatic rings. The summed E-state index contributed by atoms with van der Waals surface area (Å²) in [5.41, 5.74) is 1.35. The predicted molar refractivity (Wildman–Crippen MR) is 146 cm³/mol. The average molecular weight is 552 g/mol. The summed E-state index contributed by atoms with van der Waals surface area (Å²) in [7, 11) is 1.52. The van der Waals surface area contributed by atoms with Crippen LogP contribution in [0.2, 0.25) is 0 Å². The van der Waals surface area contributed by atoms with E-state index in [4.69, 9.17) is 10.1 Å². The second-order valence-electron chi connectivity index (χ2n) is 7.66. The number of benzene rings is 1. The van der Waals surface area contributed by atoms with Crippen LogP contribution in [0.15, 0.2) is 71.1 Å². The molecule has 3 N–H and O–H groups in total. The van der Waals surface area contributed by atoms with Crippen molar-refractivity contribution in [2.24, 2.45) is 0 Å². The summed E-state index contributed by atoms with van der Waals surface area (Å²) in [5, 5.41) is 13.8. The van der Waals surface area contributed by atoms with Gasteiger partial charge in [0.25, 0.3) is 5.91 Å². The van der Waals surface area contributed by atoms with E-state index in [0.29, 0.717) is 29.5 Å². The molecular formula is C27H30BrN5O3. The van der Waals surface area contributed by atoms with Crippen molar-refractivity contribution in [3.8, 4) is 12.8 Å². The molecule has 0 atom stereocenters. The second-order valence-corrected chi connectivity index (χ2v) is 8.57. The van der Waals surface area contributed by atoms with E-state index in [9.17, 15) is 9.59 Å². The minimum Gasteiger partial charge on any atom is -0.497 e. The molecule has 0 unspecified atom stereocenters. The normalized spacial score (nSPS) is 13.0. The molecule has 0 saturated carbocycles. The number of allylic oxidation sites excluding steroid dienone is 1. The Labute approximate surface area is 220 Å². The first kappa shape index (κ1) is 28.3. The molecule has 2 amide bonds. The third-order valence-corrected chi connectivity index (χ3v) is 5.69. The first-order valence-corrected chi connectivity index (χ1v) is 12.1. The van der Waals surface area contributed by atoms with Crippen LogP contribution in [-0.4, -0.2) is 54.3 Å². The Bertz CT molecular complexity index is 1100. The molecule has 1 aliphatic heterocycles. The number of anilines is 1. The maximum atomic E-state index is 12.4. The molecule has 3 rings (SSSR count). The lowest BCUT2D eigenvalue weighted by Crippen LogP contribution is -2.28. The van der Waals surface area contributed by atoms with Crippen molar-refractivity contribution in [3.05, 3.63) is 82.2 Å². The number of halogens is 1. The van der Waals surface area contributed by atoms with E-state index in [2.05, 4.69) is 49.3 Å². The molecule has 1 saturated heterocycles. The number of nitrogens with one attached hydrogen (secondary N) is 3. The Morgan fingerprint density at radius 1 is 1.14 bits per heavy atom. The molecule has 0 bridgehead atoms. The number of ether oxygens (including phenoxy) is 1. The van der Waals surface area contributed by atoms with Crippen LogP contribution in [0.1, 0.15) is 35.2 Å². The number of methoxy groups -OCH3 is 1. The number of carbonyl (C=O) groups excluding carboxylic acids is 2. The third kappa shape index (κ3) is 9.04. The van der Waals surface area contributed by atoms with Gasteiger partial charge in [-0.1, -0.05) is 18.2 Å². The number of hydrogen-bond acceptors (Lipinski definition) is 5. The number of carbonyl (C=O) groups is 2. The number of hydrogen-bond donors (Lipinski definition) is 3. The van der Waals surface area contributed by atoms with Crippen LogP contribution >= 0.6 is 15.9 Å². The Morgan fingerprint density at radius 2 is 1.81 bits per heavy atom. The van der Waals surface area contributed by atoms with Gasteiger partial charge in [-0.25, -0.2) is 4.98 Å². The van der Waals surface area contributed by atoms with Gasteiger partial charge in [-0.3, -0.25) is 15.0 Å². The van der Waals surface area contributed by atoms with Crippen LogP contribution < -0.4 is 10.6 Å². The summed E-state index contributed by atoms with van der Waals surface area (Å²) < 4.78 is 6.10. The number of terminal acetylenes is 1. The number of aromatic nitrogens is 1. The van der Waals surface area contributed by atoms with E-state index in [0.717, 1.165) is 36.0 Å². The molecule has 36 heavy (non-hydrogen) atoms. The molecule has 0 aliphatic carbocycles. The van der Waals surface area contributed by atoms with Gasteiger partial charge < -0.3 is 20.3 Å². The van der Waals surface area contributed by atoms with Crippen LogP contribution in [0, 0.1) is 18.3 Å². The van der Waals surface area contributed by atoms with Gasteiger partial charge >= 0.3 is 0 Å². The fourth-order valence-corrected chi connectivity index (χ4v) is 3.62. The monoisotopic (exact) mass is 551 g/mol. The number of nitrogens with zero attached hydrogens (tertiary/aromatic N) is 2. The molecule has 0 radical (unpaired) electrons. The van der Waals surface area contributed by atoms with Crippen molar-refractivity contribution in [2.45, 2.75) is 19.3 Å². The van der Waals surface area contributed by atoms with Crippen LogP contribution in [0.5, 0.6) is 0 Å². The standard InChI is InChI=1S/C25H28BrN5O3.C2H2/c1-34-21(11-13-23(32)30-22-12-10-20(26)17-29-22)5-4-14-28-25(33)19-8-6-18(7-9-19)24(27)31-15-2-3-16-31;1-2/h4-12,17,27H,2-3,13-16H2,1H3,(H,28,33)(H,29,30,32);1-2H/b5-4-,21-11+,27-24?;. The number of rotatable bonds is 9. The summed E-state index contributed by atoms with van der Waals surface area (Å²) in [6.07, 6.45) is 17.1. The predicted octanol–water partition coefficient (Wildman–Crippen LogP) is 4.36. The van der Waals surface area contributed by atoms with Crippen molar-refractivity contribution in [1.82, 2.24) is 15.2 Å². The summed E-state index contributed by atoms with van der Waals surface area (Å²) in [4.78, 5) is 30.6. The van der Waals surface area contributed by atoms with Gasteiger partial charge in [0.05, 0.1) is 7.11 Å². The van der Waals surface area contributed by atoms with Crippen molar-refractivity contribution >= 4 is 39.4 Å². The van der Waals surface area contributed by atoms with Crippen LogP contribution in [0.4, 0.5) is 5.82 Å². The first-order valence-electron chi connectivity index (χ1n) is 11.3. The molecule has 188 valence electrons. The molecule has 1 aromatic heterocycles. The van der Waals surface area contributed by atoms with Gasteiger partial charge in [-0.15, -0.1) is 12.8 Å². The SMILES string of the molecule is C#C.COC(/C=C\CNC(=O)c1ccc(C(=N)N2CCCC2)cc1)=C/CC(=O)Nc1ccc(Br)cn1. The van der Waals surface area contributed by atoms with Gasteiger partial charge in [0, 0.05) is 47.9 Å². The fourth-order valence-electron chi connectivity index (χ4n) is 3.39. The Balaban J connectivity index is 0.00000222. The molecule has 1 aromatic carbocycles. The Hall–Kier alpha value is -3.90. The Morgan fingerprint density at radius 3 is 2.42 bits per heavy atom. The number of amides is 2. The van der Waals surface area contributed by atoms with E-state index in [-0.39, 0.29) is 18.2 Å². The highest BCUT2D eigenvalue weighted by molar-refractivity contribution is 9.10. The maximum Gasteiger partial charge on any atom is 0.251 e. The number of pyridine rings is 1. The molecular weight excluding hydrogens is 522 g/mol. The topological polar surface area (TPSA) is 107 Å². The Kier molecular flexibility index (Phi) is 11.9. The maximum absolute atomic E-state index is 12.4. The average Bonchev–Trinajstić information content (AvgIpc) is 3.45. The molecule has 8 nitrogen and oxygen atoms in total. The fraction of sp³-hybridized carbons (Fsp3) is 0.259. The molecule has 1 aliphatic rings. The van der Waals surface area contributed by atoms with Crippen molar-refractivity contribution in [3.63, 3.8) is 0 Å². The van der Waals surface area contributed by atoms with E-state index in [1.807, 2.05) is 12.1 Å². The quantitative estimate of drug-likeness (QED) is 0.141. The second kappa shape index (κ2) is 15.2. The van der Waals surface area contributed by atoms with Crippen LogP contribution in [-0.2, 0) is 9.53 Å². The summed E-state index contributed by atoms with van der Waals surface area (Å²) >= 11 is 3.30. The smallest absolute Gasteiger partial charge is 0.251 e. The lowest BCUT2D eigenvalue weighted by atomic mass is 10.1. The summed E-state index contributed by atoms with van der Waals surface area (Å²) in [6.45, 7) is 2.14. The van der Waals surface area contributed by atoms with Crippen LogP contribution in [0.3, 0.4) is 0 Å². The minimum absolute atomic E-state index is 0.121. The minimum atomic E-state index is -0.215. The molecule has 2 heterocycles. The first-order chi connectivity index (χ1) is 17.5. The summed E-state index contributed by atoms with van der Waals surface area (Å²) in [6, 6.07) is 10.6. The van der Waals surface area contributed by atoms with Crippen molar-refractivity contribution in [1.29, 1.82) is 5.41 Å².